The minimum Gasteiger partial charge on any atom is -0.352 e. The zero-order valence-corrected chi connectivity index (χ0v) is 14.9. The number of hydrogen-bond acceptors (Lipinski definition) is 3. The molecule has 1 amide bonds. The molecule has 0 radical (unpaired) electrons. The normalized spacial score (nSPS) is 11.9. The number of nitrogens with one attached hydrogen (secondary N) is 1. The lowest BCUT2D eigenvalue weighted by atomic mass is 10.0. The molecule has 1 rings (SSSR count). The number of carbonyl (C=O) groups is 1. The topological polar surface area (TPSA) is 55.1 Å². The van der Waals surface area contributed by atoms with Crippen LogP contribution in [0.3, 0.4) is 0 Å². The highest BCUT2D eigenvalue weighted by molar-refractivity contribution is 7.99. The third kappa shape index (κ3) is 9.25. The van der Waals surface area contributed by atoms with Gasteiger partial charge in [0.05, 0.1) is 0 Å². The average Bonchev–Trinajstić information content (AvgIpc) is 2.39. The smallest absolute Gasteiger partial charge is 0.221 e. The molecule has 0 fully saturated rings. The molecular formula is C15H24Cl2N2OS. The second kappa shape index (κ2) is 11.2. The van der Waals surface area contributed by atoms with Crippen molar-refractivity contribution < 1.29 is 4.79 Å². The van der Waals surface area contributed by atoms with Crippen LogP contribution in [0.15, 0.2) is 29.2 Å². The second-order valence-corrected chi connectivity index (χ2v) is 6.79. The van der Waals surface area contributed by atoms with Crippen LogP contribution >= 0.6 is 35.8 Å². The maximum Gasteiger partial charge on any atom is 0.221 e. The van der Waals surface area contributed by atoms with E-state index in [0.29, 0.717) is 18.9 Å². The van der Waals surface area contributed by atoms with Gasteiger partial charge in [0.25, 0.3) is 0 Å². The van der Waals surface area contributed by atoms with Crippen LogP contribution < -0.4 is 11.1 Å². The highest BCUT2D eigenvalue weighted by Gasteiger charge is 2.12. The molecule has 3 N–H and O–H groups in total. The Morgan fingerprint density at radius 2 is 1.95 bits per heavy atom. The zero-order chi connectivity index (χ0) is 15.0. The van der Waals surface area contributed by atoms with E-state index in [4.69, 9.17) is 17.3 Å². The highest BCUT2D eigenvalue weighted by Crippen LogP contribution is 2.20. The van der Waals surface area contributed by atoms with Gasteiger partial charge in [0.1, 0.15) is 0 Å². The van der Waals surface area contributed by atoms with E-state index < -0.39 is 0 Å². The van der Waals surface area contributed by atoms with Crippen molar-refractivity contribution in [3.8, 4) is 0 Å². The van der Waals surface area contributed by atoms with Crippen molar-refractivity contribution in [2.24, 2.45) is 11.7 Å². The lowest BCUT2D eigenvalue weighted by Gasteiger charge is -2.18. The number of nitrogens with two attached hydrogens (primary N) is 1. The number of amides is 1. The minimum absolute atomic E-state index is 0. The van der Waals surface area contributed by atoms with Gasteiger partial charge < -0.3 is 11.1 Å². The average molecular weight is 351 g/mol. The standard InChI is InChI=1S/C15H23ClN2OS.ClH/c1-11(2)9-13(10-17)18-15(19)7-8-20-14-5-3-12(16)4-6-14;/h3-6,11,13H,7-10,17H2,1-2H3,(H,18,19);1H. The van der Waals surface area contributed by atoms with Crippen molar-refractivity contribution in [1.82, 2.24) is 5.32 Å². The summed E-state index contributed by atoms with van der Waals surface area (Å²) < 4.78 is 0. The molecule has 6 heteroatoms. The summed E-state index contributed by atoms with van der Waals surface area (Å²) in [5, 5.41) is 3.72. The van der Waals surface area contributed by atoms with E-state index >= 15 is 0 Å². The van der Waals surface area contributed by atoms with Crippen molar-refractivity contribution in [1.29, 1.82) is 0 Å². The SMILES string of the molecule is CC(C)CC(CN)NC(=O)CCSc1ccc(Cl)cc1.Cl. The molecule has 1 unspecified atom stereocenters. The molecule has 0 bridgehead atoms. The van der Waals surface area contributed by atoms with Gasteiger partial charge in [-0.05, 0) is 36.6 Å². The highest BCUT2D eigenvalue weighted by atomic mass is 35.5. The quantitative estimate of drug-likeness (QED) is 0.702. The summed E-state index contributed by atoms with van der Waals surface area (Å²) in [5.74, 6) is 1.36. The maximum absolute atomic E-state index is 11.8. The van der Waals surface area contributed by atoms with E-state index in [0.717, 1.165) is 22.1 Å². The van der Waals surface area contributed by atoms with E-state index in [-0.39, 0.29) is 24.4 Å². The Balaban J connectivity index is 0.00000400. The van der Waals surface area contributed by atoms with Crippen LogP contribution in [-0.2, 0) is 4.79 Å². The third-order valence-corrected chi connectivity index (χ3v) is 4.08. The third-order valence-electron chi connectivity index (χ3n) is 2.82. The van der Waals surface area contributed by atoms with Gasteiger partial charge in [-0.1, -0.05) is 25.4 Å². The molecule has 21 heavy (non-hydrogen) atoms. The van der Waals surface area contributed by atoms with Crippen molar-refractivity contribution in [2.45, 2.75) is 37.6 Å². The molecule has 3 nitrogen and oxygen atoms in total. The van der Waals surface area contributed by atoms with Gasteiger partial charge in [-0.15, -0.1) is 24.2 Å². The van der Waals surface area contributed by atoms with E-state index in [2.05, 4.69) is 19.2 Å². The fourth-order valence-corrected chi connectivity index (χ4v) is 2.85. The van der Waals surface area contributed by atoms with Crippen LogP contribution in [0.1, 0.15) is 26.7 Å². The lowest BCUT2D eigenvalue weighted by Crippen LogP contribution is -2.41. The van der Waals surface area contributed by atoms with E-state index in [1.165, 1.54) is 0 Å². The van der Waals surface area contributed by atoms with Crippen molar-refractivity contribution in [3.05, 3.63) is 29.3 Å². The molecule has 0 spiro atoms. The van der Waals surface area contributed by atoms with E-state index in [9.17, 15) is 4.79 Å². The number of halogens is 2. The van der Waals surface area contributed by atoms with E-state index in [1.54, 1.807) is 11.8 Å². The summed E-state index contributed by atoms with van der Waals surface area (Å²) >= 11 is 7.48. The molecule has 0 aliphatic rings. The summed E-state index contributed by atoms with van der Waals surface area (Å²) in [5.41, 5.74) is 5.67. The molecule has 1 aromatic carbocycles. The molecule has 0 aromatic heterocycles. The van der Waals surface area contributed by atoms with Gasteiger partial charge in [0.15, 0.2) is 0 Å². The first-order chi connectivity index (χ1) is 9.51. The molecule has 1 aromatic rings. The monoisotopic (exact) mass is 350 g/mol. The molecule has 0 aliphatic heterocycles. The summed E-state index contributed by atoms with van der Waals surface area (Å²) in [4.78, 5) is 13.0. The summed E-state index contributed by atoms with van der Waals surface area (Å²) in [6.45, 7) is 4.75. The van der Waals surface area contributed by atoms with Gasteiger partial charge in [-0.2, -0.15) is 0 Å². The van der Waals surface area contributed by atoms with Crippen molar-refractivity contribution >= 4 is 41.7 Å². The van der Waals surface area contributed by atoms with Gasteiger partial charge in [0, 0.05) is 34.7 Å². The maximum atomic E-state index is 11.8. The Hall–Kier alpha value is -0.420. The number of carbonyl (C=O) groups excluding carboxylic acids is 1. The number of benzene rings is 1. The Kier molecular flexibility index (Phi) is 11.0. The van der Waals surface area contributed by atoms with Crippen LogP contribution in [0.4, 0.5) is 0 Å². The van der Waals surface area contributed by atoms with Crippen molar-refractivity contribution in [3.63, 3.8) is 0 Å². The Morgan fingerprint density at radius 1 is 1.33 bits per heavy atom. The molecule has 1 atom stereocenters. The first-order valence-corrected chi connectivity index (χ1v) is 8.25. The van der Waals surface area contributed by atoms with Crippen molar-refractivity contribution in [2.75, 3.05) is 12.3 Å². The van der Waals surface area contributed by atoms with Crippen LogP contribution in [0.2, 0.25) is 5.02 Å². The Morgan fingerprint density at radius 3 is 2.48 bits per heavy atom. The molecule has 0 heterocycles. The van der Waals surface area contributed by atoms with Gasteiger partial charge >= 0.3 is 0 Å². The molecule has 120 valence electrons. The zero-order valence-electron chi connectivity index (χ0n) is 12.5. The van der Waals surface area contributed by atoms with Crippen LogP contribution in [-0.4, -0.2) is 24.2 Å². The van der Waals surface area contributed by atoms with Crippen LogP contribution in [0, 0.1) is 5.92 Å². The lowest BCUT2D eigenvalue weighted by molar-refractivity contribution is -0.121. The minimum atomic E-state index is 0. The molecule has 0 saturated carbocycles. The van der Waals surface area contributed by atoms with Gasteiger partial charge in [-0.3, -0.25) is 4.79 Å². The first kappa shape index (κ1) is 20.6. The van der Waals surface area contributed by atoms with Gasteiger partial charge in [-0.25, -0.2) is 0 Å². The van der Waals surface area contributed by atoms with Gasteiger partial charge in [0.2, 0.25) is 5.91 Å². The fraction of sp³-hybridized carbons (Fsp3) is 0.533. The largest absolute Gasteiger partial charge is 0.352 e. The predicted molar refractivity (Wildman–Crippen MR) is 94.5 cm³/mol. The number of hydrogen-bond donors (Lipinski definition) is 2. The van der Waals surface area contributed by atoms with Crippen LogP contribution in [0.5, 0.6) is 0 Å². The van der Waals surface area contributed by atoms with E-state index in [1.807, 2.05) is 24.3 Å². The number of rotatable bonds is 8. The molecule has 0 aliphatic carbocycles. The first-order valence-electron chi connectivity index (χ1n) is 6.89. The summed E-state index contributed by atoms with van der Waals surface area (Å²) in [7, 11) is 0. The molecular weight excluding hydrogens is 327 g/mol. The Labute approximate surface area is 142 Å². The Bertz CT molecular complexity index is 413. The fourth-order valence-electron chi connectivity index (χ4n) is 1.88. The van der Waals surface area contributed by atoms with Crippen LogP contribution in [0.25, 0.3) is 0 Å². The second-order valence-electron chi connectivity index (χ2n) is 5.18. The molecule has 0 saturated heterocycles. The predicted octanol–water partition coefficient (Wildman–Crippen LogP) is 3.73. The number of thioether (sulfide) groups is 1. The summed E-state index contributed by atoms with van der Waals surface area (Å²) in [6.07, 6.45) is 1.43. The summed E-state index contributed by atoms with van der Waals surface area (Å²) in [6, 6.07) is 7.73.